The van der Waals surface area contributed by atoms with Gasteiger partial charge in [0.1, 0.15) is 0 Å². The third kappa shape index (κ3) is 3.87. The van der Waals surface area contributed by atoms with Crippen LogP contribution in [0.3, 0.4) is 0 Å². The maximum absolute atomic E-state index is 12.6. The van der Waals surface area contributed by atoms with Crippen LogP contribution in [0, 0.1) is 5.92 Å². The van der Waals surface area contributed by atoms with Crippen molar-refractivity contribution in [3.05, 3.63) is 23.8 Å². The van der Waals surface area contributed by atoms with E-state index in [1.165, 1.54) is 5.56 Å². The highest BCUT2D eigenvalue weighted by Gasteiger charge is 2.23. The van der Waals surface area contributed by atoms with Crippen LogP contribution in [0.5, 0.6) is 0 Å². The second-order valence-electron chi connectivity index (χ2n) is 6.74. The fourth-order valence-electron chi connectivity index (χ4n) is 3.49. The van der Waals surface area contributed by atoms with E-state index in [9.17, 15) is 8.42 Å². The maximum atomic E-state index is 12.6. The van der Waals surface area contributed by atoms with Gasteiger partial charge in [-0.1, -0.05) is 6.07 Å². The van der Waals surface area contributed by atoms with Crippen molar-refractivity contribution in [1.82, 2.24) is 4.72 Å². The normalized spacial score (nSPS) is 25.2. The van der Waals surface area contributed by atoms with E-state index in [0.717, 1.165) is 44.5 Å². The number of rotatable bonds is 4. The molecule has 23 heavy (non-hydrogen) atoms. The van der Waals surface area contributed by atoms with Crippen molar-refractivity contribution in [2.45, 2.75) is 43.6 Å². The van der Waals surface area contributed by atoms with Gasteiger partial charge in [-0.25, -0.2) is 13.1 Å². The summed E-state index contributed by atoms with van der Waals surface area (Å²) in [7, 11) is -1.43. The second kappa shape index (κ2) is 6.79. The Morgan fingerprint density at radius 2 is 2.22 bits per heavy atom. The number of nitrogens with one attached hydrogen (secondary N) is 1. The molecular formula is C17H26N2O3S. The number of fused-ring (bicyclic) bond motifs is 1. The standard InChI is InChI=1S/C17H26N2O3S/c1-13-10-14(7-9-22-13)12-18-23(20,21)16-6-5-15-4-3-8-19(2)17(15)11-16/h5-6,11,13-14,18H,3-4,7-10,12H2,1-2H3. The van der Waals surface area contributed by atoms with Crippen LogP contribution >= 0.6 is 0 Å². The molecule has 0 spiro atoms. The molecule has 128 valence electrons. The Labute approximate surface area is 139 Å². The number of nitrogens with zero attached hydrogens (tertiary/aromatic N) is 1. The van der Waals surface area contributed by atoms with Gasteiger partial charge in [0.2, 0.25) is 10.0 Å². The predicted molar refractivity (Wildman–Crippen MR) is 91.4 cm³/mol. The van der Waals surface area contributed by atoms with Gasteiger partial charge in [-0.2, -0.15) is 0 Å². The molecule has 1 aromatic carbocycles. The van der Waals surface area contributed by atoms with E-state index in [1.807, 2.05) is 26.1 Å². The summed E-state index contributed by atoms with van der Waals surface area (Å²) in [5, 5.41) is 0. The van der Waals surface area contributed by atoms with Gasteiger partial charge in [0.25, 0.3) is 0 Å². The van der Waals surface area contributed by atoms with Crippen molar-refractivity contribution in [2.24, 2.45) is 5.92 Å². The quantitative estimate of drug-likeness (QED) is 0.914. The lowest BCUT2D eigenvalue weighted by atomic mass is 9.97. The highest BCUT2D eigenvalue weighted by molar-refractivity contribution is 7.89. The van der Waals surface area contributed by atoms with Crippen molar-refractivity contribution in [3.8, 4) is 0 Å². The van der Waals surface area contributed by atoms with Gasteiger partial charge in [0.15, 0.2) is 0 Å². The van der Waals surface area contributed by atoms with Gasteiger partial charge in [-0.15, -0.1) is 0 Å². The van der Waals surface area contributed by atoms with Crippen LogP contribution in [0.1, 0.15) is 31.7 Å². The largest absolute Gasteiger partial charge is 0.378 e. The molecule has 2 unspecified atom stereocenters. The highest BCUT2D eigenvalue weighted by Crippen LogP contribution is 2.28. The minimum atomic E-state index is -3.45. The van der Waals surface area contributed by atoms with Crippen LogP contribution in [0.15, 0.2) is 23.1 Å². The average Bonchev–Trinajstić information content (AvgIpc) is 2.53. The van der Waals surface area contributed by atoms with Crippen LogP contribution in [0.25, 0.3) is 0 Å². The number of aryl methyl sites for hydroxylation is 1. The fraction of sp³-hybridized carbons (Fsp3) is 0.647. The minimum absolute atomic E-state index is 0.218. The molecule has 2 atom stereocenters. The zero-order chi connectivity index (χ0) is 16.4. The Kier molecular flexibility index (Phi) is 4.94. The first-order valence-electron chi connectivity index (χ1n) is 8.41. The highest BCUT2D eigenvalue weighted by atomic mass is 32.2. The maximum Gasteiger partial charge on any atom is 0.240 e. The van der Waals surface area contributed by atoms with E-state index >= 15 is 0 Å². The Balaban J connectivity index is 1.71. The Morgan fingerprint density at radius 3 is 3.00 bits per heavy atom. The van der Waals surface area contributed by atoms with Crippen molar-refractivity contribution in [3.63, 3.8) is 0 Å². The third-order valence-corrected chi connectivity index (χ3v) is 6.29. The first-order valence-corrected chi connectivity index (χ1v) is 9.89. The smallest absolute Gasteiger partial charge is 0.240 e. The molecule has 3 rings (SSSR count). The molecule has 1 fully saturated rings. The molecule has 0 radical (unpaired) electrons. The number of ether oxygens (including phenoxy) is 1. The molecule has 2 aliphatic rings. The van der Waals surface area contributed by atoms with Gasteiger partial charge in [0, 0.05) is 32.4 Å². The molecule has 1 aromatic rings. The molecule has 1 N–H and O–H groups in total. The Morgan fingerprint density at radius 1 is 1.39 bits per heavy atom. The molecule has 2 aliphatic heterocycles. The van der Waals surface area contributed by atoms with E-state index in [0.29, 0.717) is 17.4 Å². The summed E-state index contributed by atoms with van der Waals surface area (Å²) in [5.74, 6) is 0.355. The molecule has 0 bridgehead atoms. The molecule has 0 amide bonds. The van der Waals surface area contributed by atoms with Crippen molar-refractivity contribution in [1.29, 1.82) is 0 Å². The summed E-state index contributed by atoms with van der Waals surface area (Å²) >= 11 is 0. The number of sulfonamides is 1. The average molecular weight is 338 g/mol. The second-order valence-corrected chi connectivity index (χ2v) is 8.51. The van der Waals surface area contributed by atoms with Crippen LogP contribution in [-0.4, -0.2) is 41.3 Å². The van der Waals surface area contributed by atoms with Crippen LogP contribution in [-0.2, 0) is 21.2 Å². The molecule has 5 nitrogen and oxygen atoms in total. The summed E-state index contributed by atoms with van der Waals surface area (Å²) in [4.78, 5) is 2.50. The fourth-order valence-corrected chi connectivity index (χ4v) is 4.63. The van der Waals surface area contributed by atoms with Crippen molar-refractivity contribution >= 4 is 15.7 Å². The van der Waals surface area contributed by atoms with E-state index in [4.69, 9.17) is 4.74 Å². The van der Waals surface area contributed by atoms with E-state index in [-0.39, 0.29) is 6.10 Å². The van der Waals surface area contributed by atoms with Crippen LogP contribution in [0.4, 0.5) is 5.69 Å². The summed E-state index contributed by atoms with van der Waals surface area (Å²) in [6.07, 6.45) is 4.19. The van der Waals surface area contributed by atoms with Gasteiger partial charge < -0.3 is 9.64 Å². The van der Waals surface area contributed by atoms with E-state index < -0.39 is 10.0 Å². The summed E-state index contributed by atoms with van der Waals surface area (Å²) in [6.45, 7) is 4.23. The molecule has 6 heteroatoms. The molecule has 0 saturated carbocycles. The number of anilines is 1. The lowest BCUT2D eigenvalue weighted by Crippen LogP contribution is -2.34. The summed E-state index contributed by atoms with van der Waals surface area (Å²) < 4.78 is 33.5. The SMILES string of the molecule is CC1CC(CNS(=O)(=O)c2ccc3c(c2)N(C)CCC3)CCO1. The van der Waals surface area contributed by atoms with Crippen LogP contribution < -0.4 is 9.62 Å². The minimum Gasteiger partial charge on any atom is -0.378 e. The van der Waals surface area contributed by atoms with E-state index in [2.05, 4.69) is 9.62 Å². The van der Waals surface area contributed by atoms with Gasteiger partial charge >= 0.3 is 0 Å². The number of hydrogen-bond acceptors (Lipinski definition) is 4. The zero-order valence-electron chi connectivity index (χ0n) is 13.9. The zero-order valence-corrected chi connectivity index (χ0v) is 14.7. The van der Waals surface area contributed by atoms with Gasteiger partial charge in [-0.3, -0.25) is 0 Å². The topological polar surface area (TPSA) is 58.6 Å². The molecule has 0 aliphatic carbocycles. The molecule has 1 saturated heterocycles. The third-order valence-electron chi connectivity index (χ3n) is 4.87. The van der Waals surface area contributed by atoms with E-state index in [1.54, 1.807) is 6.07 Å². The monoisotopic (exact) mass is 338 g/mol. The molecule has 0 aromatic heterocycles. The molecule has 2 heterocycles. The van der Waals surface area contributed by atoms with Crippen molar-refractivity contribution < 1.29 is 13.2 Å². The van der Waals surface area contributed by atoms with Gasteiger partial charge in [-0.05, 0) is 56.2 Å². The lowest BCUT2D eigenvalue weighted by molar-refractivity contribution is 0.00397. The molecular weight excluding hydrogens is 312 g/mol. The number of hydrogen-bond donors (Lipinski definition) is 1. The van der Waals surface area contributed by atoms with Crippen LogP contribution in [0.2, 0.25) is 0 Å². The number of benzene rings is 1. The first-order chi connectivity index (χ1) is 11.0. The predicted octanol–water partition coefficient (Wildman–Crippen LogP) is 2.16. The Bertz CT molecular complexity index is 660. The first kappa shape index (κ1) is 16.7. The van der Waals surface area contributed by atoms with Gasteiger partial charge in [0.05, 0.1) is 11.0 Å². The Hall–Kier alpha value is -1.11. The van der Waals surface area contributed by atoms with Crippen molar-refractivity contribution in [2.75, 3.05) is 31.6 Å². The summed E-state index contributed by atoms with van der Waals surface area (Å²) in [6, 6.07) is 5.49. The summed E-state index contributed by atoms with van der Waals surface area (Å²) in [5.41, 5.74) is 2.27. The lowest BCUT2D eigenvalue weighted by Gasteiger charge is -2.28.